The Hall–Kier alpha value is -1.77. The summed E-state index contributed by atoms with van der Waals surface area (Å²) in [5.41, 5.74) is 2.17. The fourth-order valence-corrected chi connectivity index (χ4v) is 2.29. The summed E-state index contributed by atoms with van der Waals surface area (Å²) in [6.07, 6.45) is 7.97. The van der Waals surface area contributed by atoms with Gasteiger partial charge in [-0.15, -0.1) is 0 Å². The maximum absolute atomic E-state index is 10.4. The standard InChI is InChI=1S/C15H19NO2/c17-15(18)10-7-13-5-8-14(9-6-13)16-11-3-1-2-4-12-16/h5-10H,1-4,11-12H2,(H,17,18). The molecule has 2 rings (SSSR count). The Kier molecular flexibility index (Phi) is 4.40. The van der Waals surface area contributed by atoms with Crippen LogP contribution in [0.1, 0.15) is 31.2 Å². The van der Waals surface area contributed by atoms with Crippen molar-refractivity contribution in [1.29, 1.82) is 0 Å². The molecule has 0 spiro atoms. The zero-order valence-corrected chi connectivity index (χ0v) is 10.5. The molecular weight excluding hydrogens is 226 g/mol. The highest BCUT2D eigenvalue weighted by atomic mass is 16.4. The van der Waals surface area contributed by atoms with Crippen LogP contribution in [-0.4, -0.2) is 24.2 Å². The molecule has 0 saturated carbocycles. The molecule has 1 aliphatic rings. The molecule has 0 atom stereocenters. The normalized spacial score (nSPS) is 16.8. The van der Waals surface area contributed by atoms with E-state index < -0.39 is 5.97 Å². The van der Waals surface area contributed by atoms with Crippen LogP contribution in [0, 0.1) is 0 Å². The molecule has 1 heterocycles. The van der Waals surface area contributed by atoms with Crippen molar-refractivity contribution in [2.24, 2.45) is 0 Å². The van der Waals surface area contributed by atoms with Gasteiger partial charge < -0.3 is 10.0 Å². The van der Waals surface area contributed by atoms with Gasteiger partial charge in [0.05, 0.1) is 0 Å². The number of rotatable bonds is 3. The zero-order chi connectivity index (χ0) is 12.8. The lowest BCUT2D eigenvalue weighted by molar-refractivity contribution is -0.131. The molecule has 0 bridgehead atoms. The van der Waals surface area contributed by atoms with Crippen LogP contribution in [0.5, 0.6) is 0 Å². The van der Waals surface area contributed by atoms with E-state index in [1.165, 1.54) is 37.4 Å². The summed E-state index contributed by atoms with van der Waals surface area (Å²) >= 11 is 0. The number of aliphatic carboxylic acids is 1. The summed E-state index contributed by atoms with van der Waals surface area (Å²) in [6, 6.07) is 8.10. The van der Waals surface area contributed by atoms with E-state index in [1.54, 1.807) is 6.08 Å². The van der Waals surface area contributed by atoms with Crippen molar-refractivity contribution in [3.05, 3.63) is 35.9 Å². The summed E-state index contributed by atoms with van der Waals surface area (Å²) in [5, 5.41) is 8.57. The molecule has 0 unspecified atom stereocenters. The van der Waals surface area contributed by atoms with Crippen molar-refractivity contribution in [2.75, 3.05) is 18.0 Å². The topological polar surface area (TPSA) is 40.5 Å². The lowest BCUT2D eigenvalue weighted by atomic mass is 10.1. The van der Waals surface area contributed by atoms with Crippen LogP contribution in [-0.2, 0) is 4.79 Å². The Labute approximate surface area is 108 Å². The van der Waals surface area contributed by atoms with E-state index in [0.29, 0.717) is 0 Å². The highest BCUT2D eigenvalue weighted by molar-refractivity contribution is 5.85. The molecule has 0 radical (unpaired) electrons. The van der Waals surface area contributed by atoms with Gasteiger partial charge in [0.15, 0.2) is 0 Å². The first-order valence-electron chi connectivity index (χ1n) is 6.52. The van der Waals surface area contributed by atoms with E-state index in [2.05, 4.69) is 17.0 Å². The minimum absolute atomic E-state index is 0.911. The SMILES string of the molecule is O=C(O)C=Cc1ccc(N2CCCCCC2)cc1. The van der Waals surface area contributed by atoms with Crippen LogP contribution in [0.2, 0.25) is 0 Å². The highest BCUT2D eigenvalue weighted by Crippen LogP contribution is 2.20. The van der Waals surface area contributed by atoms with E-state index in [4.69, 9.17) is 5.11 Å². The summed E-state index contributed by atoms with van der Waals surface area (Å²) in [4.78, 5) is 12.8. The quantitative estimate of drug-likeness (QED) is 0.831. The van der Waals surface area contributed by atoms with Gasteiger partial charge in [0.2, 0.25) is 0 Å². The van der Waals surface area contributed by atoms with E-state index in [0.717, 1.165) is 18.7 Å². The van der Waals surface area contributed by atoms with Crippen LogP contribution >= 0.6 is 0 Å². The van der Waals surface area contributed by atoms with Crippen LogP contribution < -0.4 is 4.90 Å². The highest BCUT2D eigenvalue weighted by Gasteiger charge is 2.09. The number of nitrogens with zero attached hydrogens (tertiary/aromatic N) is 1. The molecule has 96 valence electrons. The largest absolute Gasteiger partial charge is 0.478 e. The van der Waals surface area contributed by atoms with Crippen molar-refractivity contribution in [2.45, 2.75) is 25.7 Å². The van der Waals surface area contributed by atoms with Crippen molar-refractivity contribution in [1.82, 2.24) is 0 Å². The first kappa shape index (κ1) is 12.7. The third kappa shape index (κ3) is 3.62. The molecule has 1 saturated heterocycles. The molecule has 18 heavy (non-hydrogen) atoms. The van der Waals surface area contributed by atoms with E-state index in [1.807, 2.05) is 12.1 Å². The molecule has 1 N–H and O–H groups in total. The Morgan fingerprint density at radius 2 is 1.67 bits per heavy atom. The number of hydrogen-bond acceptors (Lipinski definition) is 2. The van der Waals surface area contributed by atoms with Crippen LogP contribution in [0.4, 0.5) is 5.69 Å². The average Bonchev–Trinajstić information content (AvgIpc) is 2.66. The van der Waals surface area contributed by atoms with Gasteiger partial charge in [-0.25, -0.2) is 4.79 Å². The zero-order valence-electron chi connectivity index (χ0n) is 10.5. The molecule has 1 aromatic rings. The molecular formula is C15H19NO2. The number of benzene rings is 1. The second kappa shape index (κ2) is 6.24. The Morgan fingerprint density at radius 3 is 2.22 bits per heavy atom. The lowest BCUT2D eigenvalue weighted by Crippen LogP contribution is -2.23. The number of carboxylic acids is 1. The van der Waals surface area contributed by atoms with E-state index in [9.17, 15) is 4.79 Å². The third-order valence-corrected chi connectivity index (χ3v) is 3.28. The fraction of sp³-hybridized carbons (Fsp3) is 0.400. The predicted octanol–water partition coefficient (Wildman–Crippen LogP) is 3.16. The summed E-state index contributed by atoms with van der Waals surface area (Å²) in [7, 11) is 0. The maximum atomic E-state index is 10.4. The number of hydrogen-bond donors (Lipinski definition) is 1. The minimum atomic E-state index is -0.911. The van der Waals surface area contributed by atoms with Crippen molar-refractivity contribution >= 4 is 17.7 Å². The van der Waals surface area contributed by atoms with Crippen LogP contribution in [0.15, 0.2) is 30.3 Å². The number of anilines is 1. The van der Waals surface area contributed by atoms with E-state index in [-0.39, 0.29) is 0 Å². The second-order valence-electron chi connectivity index (χ2n) is 4.66. The average molecular weight is 245 g/mol. The van der Waals surface area contributed by atoms with Gasteiger partial charge in [-0.2, -0.15) is 0 Å². The first-order chi connectivity index (χ1) is 8.75. The third-order valence-electron chi connectivity index (χ3n) is 3.28. The van der Waals surface area contributed by atoms with Gasteiger partial charge in [-0.1, -0.05) is 25.0 Å². The molecule has 3 heteroatoms. The maximum Gasteiger partial charge on any atom is 0.328 e. The number of carbonyl (C=O) groups is 1. The molecule has 0 aliphatic carbocycles. The first-order valence-corrected chi connectivity index (χ1v) is 6.52. The fourth-order valence-electron chi connectivity index (χ4n) is 2.29. The Morgan fingerprint density at radius 1 is 1.06 bits per heavy atom. The molecule has 1 aliphatic heterocycles. The molecule has 0 aromatic heterocycles. The van der Waals surface area contributed by atoms with Gasteiger partial charge in [0, 0.05) is 24.9 Å². The summed E-state index contributed by atoms with van der Waals surface area (Å²) < 4.78 is 0. The molecule has 1 aromatic carbocycles. The Balaban J connectivity index is 2.04. The lowest BCUT2D eigenvalue weighted by Gasteiger charge is -2.22. The molecule has 3 nitrogen and oxygen atoms in total. The summed E-state index contributed by atoms with van der Waals surface area (Å²) in [6.45, 7) is 2.26. The van der Waals surface area contributed by atoms with Crippen LogP contribution in [0.3, 0.4) is 0 Å². The van der Waals surface area contributed by atoms with Gasteiger partial charge in [0.1, 0.15) is 0 Å². The van der Waals surface area contributed by atoms with Gasteiger partial charge in [-0.05, 0) is 36.6 Å². The Bertz CT molecular complexity index is 415. The van der Waals surface area contributed by atoms with Crippen molar-refractivity contribution in [3.63, 3.8) is 0 Å². The van der Waals surface area contributed by atoms with Crippen LogP contribution in [0.25, 0.3) is 6.08 Å². The van der Waals surface area contributed by atoms with E-state index >= 15 is 0 Å². The minimum Gasteiger partial charge on any atom is -0.478 e. The monoisotopic (exact) mass is 245 g/mol. The van der Waals surface area contributed by atoms with Crippen molar-refractivity contribution in [3.8, 4) is 0 Å². The van der Waals surface area contributed by atoms with Gasteiger partial charge >= 0.3 is 5.97 Å². The smallest absolute Gasteiger partial charge is 0.328 e. The van der Waals surface area contributed by atoms with Gasteiger partial charge in [-0.3, -0.25) is 0 Å². The summed E-state index contributed by atoms with van der Waals surface area (Å²) in [5.74, 6) is -0.911. The predicted molar refractivity (Wildman–Crippen MR) is 73.8 cm³/mol. The number of carboxylic acid groups (broad SMARTS) is 1. The molecule has 0 amide bonds. The molecule has 1 fully saturated rings. The van der Waals surface area contributed by atoms with Crippen molar-refractivity contribution < 1.29 is 9.90 Å². The van der Waals surface area contributed by atoms with Gasteiger partial charge in [0.25, 0.3) is 0 Å². The second-order valence-corrected chi connectivity index (χ2v) is 4.66.